The van der Waals surface area contributed by atoms with Crippen molar-refractivity contribution in [1.29, 1.82) is 0 Å². The lowest BCUT2D eigenvalue weighted by atomic mass is 9.94. The molecule has 16 heavy (non-hydrogen) atoms. The number of piperidine rings is 1. The summed E-state index contributed by atoms with van der Waals surface area (Å²) in [7, 11) is 2.12. The number of nitrogens with zero attached hydrogens (tertiary/aromatic N) is 1. The van der Waals surface area contributed by atoms with Crippen LogP contribution in [0.15, 0.2) is 0 Å². The summed E-state index contributed by atoms with van der Waals surface area (Å²) >= 11 is 0. The van der Waals surface area contributed by atoms with Crippen molar-refractivity contribution in [2.24, 2.45) is 11.7 Å². The van der Waals surface area contributed by atoms with E-state index in [1.807, 2.05) is 6.92 Å². The quantitative estimate of drug-likeness (QED) is 0.738. The van der Waals surface area contributed by atoms with E-state index in [9.17, 15) is 4.79 Å². The highest BCUT2D eigenvalue weighted by Crippen LogP contribution is 2.15. The molecule has 1 amide bonds. The Labute approximate surface area is 98.6 Å². The highest BCUT2D eigenvalue weighted by molar-refractivity contribution is 5.81. The number of carbonyl (C=O) groups excluding carboxylic acids is 1. The van der Waals surface area contributed by atoms with E-state index in [1.54, 1.807) is 0 Å². The molecule has 3 atom stereocenters. The zero-order chi connectivity index (χ0) is 12.1. The first-order chi connectivity index (χ1) is 7.54. The molecule has 1 aliphatic heterocycles. The fourth-order valence-electron chi connectivity index (χ4n) is 2.30. The first kappa shape index (κ1) is 13.5. The van der Waals surface area contributed by atoms with Gasteiger partial charge in [-0.2, -0.15) is 0 Å². The summed E-state index contributed by atoms with van der Waals surface area (Å²) in [6, 6.07) is -0.0385. The van der Waals surface area contributed by atoms with Gasteiger partial charge in [0, 0.05) is 12.6 Å². The molecule has 4 nitrogen and oxygen atoms in total. The second-order valence-corrected chi connectivity index (χ2v) is 5.04. The van der Waals surface area contributed by atoms with E-state index in [0.29, 0.717) is 12.0 Å². The van der Waals surface area contributed by atoms with Gasteiger partial charge in [-0.15, -0.1) is 0 Å². The van der Waals surface area contributed by atoms with Crippen LogP contribution in [0.25, 0.3) is 0 Å². The Bertz CT molecular complexity index is 232. The molecule has 3 N–H and O–H groups in total. The standard InChI is InChI=1S/C12H25N3O/c1-4-5-10(13)12(16)14-11-6-7-15(3)8-9(11)2/h9-11H,4-8,13H2,1-3H3,(H,14,16)/t9?,10-,11?/m0/s1. The third-order valence-corrected chi connectivity index (χ3v) is 3.37. The van der Waals surface area contributed by atoms with Gasteiger partial charge < -0.3 is 16.0 Å². The molecule has 1 rings (SSSR count). The molecular formula is C12H25N3O. The van der Waals surface area contributed by atoms with Crippen LogP contribution in [0.2, 0.25) is 0 Å². The van der Waals surface area contributed by atoms with Crippen LogP contribution in [-0.4, -0.2) is 43.0 Å². The van der Waals surface area contributed by atoms with Gasteiger partial charge in [-0.1, -0.05) is 20.3 Å². The average molecular weight is 227 g/mol. The molecule has 0 saturated carbocycles. The monoisotopic (exact) mass is 227 g/mol. The topological polar surface area (TPSA) is 58.4 Å². The van der Waals surface area contributed by atoms with Gasteiger partial charge in [0.1, 0.15) is 0 Å². The lowest BCUT2D eigenvalue weighted by Crippen LogP contribution is -2.52. The normalized spacial score (nSPS) is 28.8. The van der Waals surface area contributed by atoms with Crippen molar-refractivity contribution in [3.63, 3.8) is 0 Å². The van der Waals surface area contributed by atoms with Gasteiger partial charge in [0.05, 0.1) is 6.04 Å². The van der Waals surface area contributed by atoms with E-state index >= 15 is 0 Å². The Morgan fingerprint density at radius 3 is 2.88 bits per heavy atom. The Hall–Kier alpha value is -0.610. The van der Waals surface area contributed by atoms with E-state index in [0.717, 1.165) is 32.4 Å². The Kier molecular flexibility index (Phi) is 5.22. The van der Waals surface area contributed by atoms with Gasteiger partial charge in [-0.05, 0) is 32.4 Å². The summed E-state index contributed by atoms with van der Waals surface area (Å²) in [6.07, 6.45) is 2.76. The van der Waals surface area contributed by atoms with Crippen LogP contribution < -0.4 is 11.1 Å². The number of hydrogen-bond acceptors (Lipinski definition) is 3. The van der Waals surface area contributed by atoms with Crippen LogP contribution in [0.1, 0.15) is 33.1 Å². The van der Waals surface area contributed by atoms with Gasteiger partial charge in [-0.3, -0.25) is 4.79 Å². The maximum Gasteiger partial charge on any atom is 0.237 e. The summed E-state index contributed by atoms with van der Waals surface area (Å²) in [5.74, 6) is 0.528. The molecule has 0 aromatic rings. The van der Waals surface area contributed by atoms with E-state index in [2.05, 4.69) is 24.2 Å². The van der Waals surface area contributed by atoms with Crippen molar-refractivity contribution < 1.29 is 4.79 Å². The summed E-state index contributed by atoms with van der Waals surface area (Å²) in [5.41, 5.74) is 5.80. The number of carbonyl (C=O) groups is 1. The smallest absolute Gasteiger partial charge is 0.237 e. The first-order valence-electron chi connectivity index (χ1n) is 6.29. The van der Waals surface area contributed by atoms with Gasteiger partial charge in [0.2, 0.25) is 5.91 Å². The van der Waals surface area contributed by atoms with E-state index in [4.69, 9.17) is 5.73 Å². The highest BCUT2D eigenvalue weighted by Gasteiger charge is 2.26. The second kappa shape index (κ2) is 6.21. The molecule has 94 valence electrons. The second-order valence-electron chi connectivity index (χ2n) is 5.04. The molecular weight excluding hydrogens is 202 g/mol. The molecule has 0 bridgehead atoms. The number of hydrogen-bond donors (Lipinski definition) is 2. The maximum atomic E-state index is 11.8. The molecule has 0 aromatic heterocycles. The Morgan fingerprint density at radius 1 is 1.62 bits per heavy atom. The fraction of sp³-hybridized carbons (Fsp3) is 0.917. The minimum absolute atomic E-state index is 0.0169. The Morgan fingerprint density at radius 2 is 2.31 bits per heavy atom. The largest absolute Gasteiger partial charge is 0.352 e. The first-order valence-corrected chi connectivity index (χ1v) is 6.29. The number of nitrogens with one attached hydrogen (secondary N) is 1. The summed E-state index contributed by atoms with van der Waals surface area (Å²) < 4.78 is 0. The lowest BCUT2D eigenvalue weighted by molar-refractivity contribution is -0.123. The predicted octanol–water partition coefficient (Wildman–Crippen LogP) is 0.570. The predicted molar refractivity (Wildman–Crippen MR) is 66.1 cm³/mol. The van der Waals surface area contributed by atoms with Crippen LogP contribution >= 0.6 is 0 Å². The number of nitrogens with two attached hydrogens (primary N) is 1. The molecule has 4 heteroatoms. The molecule has 0 radical (unpaired) electrons. The molecule has 1 aliphatic rings. The van der Waals surface area contributed by atoms with Crippen molar-refractivity contribution in [2.45, 2.75) is 45.2 Å². The molecule has 0 spiro atoms. The zero-order valence-electron chi connectivity index (χ0n) is 10.7. The number of amides is 1. The van der Waals surface area contributed by atoms with Crippen molar-refractivity contribution in [3.05, 3.63) is 0 Å². The molecule has 0 aliphatic carbocycles. The highest BCUT2D eigenvalue weighted by atomic mass is 16.2. The summed E-state index contributed by atoms with van der Waals surface area (Å²) in [6.45, 7) is 6.34. The molecule has 1 heterocycles. The third kappa shape index (κ3) is 3.76. The van der Waals surface area contributed by atoms with Gasteiger partial charge >= 0.3 is 0 Å². The fourth-order valence-corrected chi connectivity index (χ4v) is 2.30. The van der Waals surface area contributed by atoms with Gasteiger partial charge in [0.15, 0.2) is 0 Å². The zero-order valence-corrected chi connectivity index (χ0v) is 10.7. The number of rotatable bonds is 4. The van der Waals surface area contributed by atoms with E-state index in [-0.39, 0.29) is 11.9 Å². The van der Waals surface area contributed by atoms with Crippen molar-refractivity contribution in [3.8, 4) is 0 Å². The lowest BCUT2D eigenvalue weighted by Gasteiger charge is -2.35. The minimum atomic E-state index is -0.336. The van der Waals surface area contributed by atoms with Gasteiger partial charge in [-0.25, -0.2) is 0 Å². The van der Waals surface area contributed by atoms with E-state index in [1.165, 1.54) is 0 Å². The van der Waals surface area contributed by atoms with Crippen molar-refractivity contribution in [1.82, 2.24) is 10.2 Å². The van der Waals surface area contributed by atoms with Crippen LogP contribution in [0, 0.1) is 5.92 Å². The average Bonchev–Trinajstić information content (AvgIpc) is 2.22. The van der Waals surface area contributed by atoms with Crippen LogP contribution in [0.4, 0.5) is 0 Å². The summed E-state index contributed by atoms with van der Waals surface area (Å²) in [4.78, 5) is 14.1. The molecule has 2 unspecified atom stereocenters. The molecule has 0 aromatic carbocycles. The van der Waals surface area contributed by atoms with Gasteiger partial charge in [0.25, 0.3) is 0 Å². The summed E-state index contributed by atoms with van der Waals surface area (Å²) in [5, 5.41) is 3.08. The molecule has 1 saturated heterocycles. The molecule has 1 fully saturated rings. The third-order valence-electron chi connectivity index (χ3n) is 3.37. The SMILES string of the molecule is CCC[C@H](N)C(=O)NC1CCN(C)CC1C. The van der Waals surface area contributed by atoms with Crippen LogP contribution in [-0.2, 0) is 4.79 Å². The maximum absolute atomic E-state index is 11.8. The van der Waals surface area contributed by atoms with Crippen LogP contribution in [0.5, 0.6) is 0 Å². The minimum Gasteiger partial charge on any atom is -0.352 e. The van der Waals surface area contributed by atoms with E-state index < -0.39 is 0 Å². The Balaban J connectivity index is 2.38. The van der Waals surface area contributed by atoms with Crippen LogP contribution in [0.3, 0.4) is 0 Å². The van der Waals surface area contributed by atoms with Crippen molar-refractivity contribution in [2.75, 3.05) is 20.1 Å². The van der Waals surface area contributed by atoms with Crippen molar-refractivity contribution >= 4 is 5.91 Å². The number of likely N-dealkylation sites (tertiary alicyclic amines) is 1.